The minimum atomic E-state index is -4.40. The van der Waals surface area contributed by atoms with Crippen molar-refractivity contribution in [3.8, 4) is 0 Å². The molecule has 0 aromatic rings. The van der Waals surface area contributed by atoms with Gasteiger partial charge in [-0.25, -0.2) is 4.57 Å². The van der Waals surface area contributed by atoms with E-state index in [-0.39, 0.29) is 38.7 Å². The van der Waals surface area contributed by atoms with Crippen LogP contribution in [0.4, 0.5) is 0 Å². The normalized spacial score (nSPS) is 14.5. The minimum Gasteiger partial charge on any atom is -0.462 e. The molecule has 3 atom stereocenters. The number of esters is 2. The Morgan fingerprint density at radius 3 is 1.87 bits per heavy atom. The van der Waals surface area contributed by atoms with Gasteiger partial charge in [-0.3, -0.25) is 18.6 Å². The molecule has 0 rings (SSSR count). The largest absolute Gasteiger partial charge is 0.472 e. The second-order valence-corrected chi connectivity index (χ2v) is 14.8. The molecule has 0 bridgehead atoms. The maximum Gasteiger partial charge on any atom is 0.472 e. The van der Waals surface area contributed by atoms with Crippen molar-refractivity contribution in [1.82, 2.24) is 0 Å². The highest BCUT2D eigenvalue weighted by Crippen LogP contribution is 2.43. The van der Waals surface area contributed by atoms with E-state index in [4.69, 9.17) is 24.3 Å². The number of unbranched alkanes of at least 4 members (excludes halogenated alkanes) is 15. The van der Waals surface area contributed by atoms with Crippen LogP contribution >= 0.6 is 7.82 Å². The molecule has 52 heavy (non-hydrogen) atoms. The van der Waals surface area contributed by atoms with E-state index in [0.717, 1.165) is 57.8 Å². The molecule has 0 aromatic heterocycles. The molecule has 0 saturated heterocycles. The monoisotopic (exact) mass is 756 g/mol. The van der Waals surface area contributed by atoms with Crippen molar-refractivity contribution in [3.63, 3.8) is 0 Å². The molecular weight excluding hydrogens is 681 g/mol. The molecule has 4 N–H and O–H groups in total. The van der Waals surface area contributed by atoms with Crippen LogP contribution in [-0.2, 0) is 32.7 Å². The summed E-state index contributed by atoms with van der Waals surface area (Å²) in [5, 5.41) is 9.88. The van der Waals surface area contributed by atoms with Crippen LogP contribution in [0.1, 0.15) is 162 Å². The van der Waals surface area contributed by atoms with E-state index >= 15 is 0 Å². The maximum absolute atomic E-state index is 12.5. The average Bonchev–Trinajstić information content (AvgIpc) is 3.12. The number of phosphoric ester groups is 1. The van der Waals surface area contributed by atoms with Gasteiger partial charge in [0.05, 0.1) is 19.3 Å². The highest BCUT2D eigenvalue weighted by Gasteiger charge is 2.25. The maximum atomic E-state index is 12.5. The molecule has 0 spiro atoms. The van der Waals surface area contributed by atoms with Gasteiger partial charge in [-0.2, -0.15) is 0 Å². The van der Waals surface area contributed by atoms with Crippen molar-refractivity contribution in [2.75, 3.05) is 26.4 Å². The Morgan fingerprint density at radius 1 is 0.673 bits per heavy atom. The molecule has 0 saturated carbocycles. The Morgan fingerprint density at radius 2 is 1.23 bits per heavy atom. The van der Waals surface area contributed by atoms with Crippen LogP contribution in [0.3, 0.4) is 0 Å². The second-order valence-electron chi connectivity index (χ2n) is 13.4. The molecule has 0 radical (unpaired) electrons. The smallest absolute Gasteiger partial charge is 0.462 e. The number of carbonyl (C=O) groups excluding carboxylic acids is 2. The Hall–Kier alpha value is -2.07. The van der Waals surface area contributed by atoms with Gasteiger partial charge >= 0.3 is 19.8 Å². The average molecular weight is 756 g/mol. The summed E-state index contributed by atoms with van der Waals surface area (Å²) < 4.78 is 32.6. The van der Waals surface area contributed by atoms with Crippen molar-refractivity contribution in [1.29, 1.82) is 0 Å². The zero-order chi connectivity index (χ0) is 38.4. The molecule has 0 aliphatic heterocycles. The van der Waals surface area contributed by atoms with Gasteiger partial charge in [0.1, 0.15) is 6.61 Å². The molecular formula is C41H74NO9P. The van der Waals surface area contributed by atoms with Crippen LogP contribution in [0, 0.1) is 0 Å². The van der Waals surface area contributed by atoms with Crippen LogP contribution in [0.25, 0.3) is 0 Å². The van der Waals surface area contributed by atoms with E-state index in [1.54, 1.807) is 0 Å². The summed E-state index contributed by atoms with van der Waals surface area (Å²) in [4.78, 5) is 34.7. The number of ether oxygens (including phenoxy) is 2. The van der Waals surface area contributed by atoms with Crippen LogP contribution in [0.2, 0.25) is 0 Å². The van der Waals surface area contributed by atoms with Crippen LogP contribution in [0.5, 0.6) is 0 Å². The topological polar surface area (TPSA) is 155 Å². The van der Waals surface area contributed by atoms with Crippen molar-refractivity contribution in [3.05, 3.63) is 48.6 Å². The van der Waals surface area contributed by atoms with E-state index in [9.17, 15) is 24.2 Å². The van der Waals surface area contributed by atoms with E-state index in [2.05, 4.69) is 26.0 Å². The Kier molecular flexibility index (Phi) is 35.8. The van der Waals surface area contributed by atoms with Crippen LogP contribution in [-0.4, -0.2) is 60.5 Å². The molecule has 0 aromatic carbocycles. The molecule has 302 valence electrons. The summed E-state index contributed by atoms with van der Waals surface area (Å²) in [6.07, 6.45) is 37.6. The summed E-state index contributed by atoms with van der Waals surface area (Å²) in [6, 6.07) is 0. The Bertz CT molecular complexity index is 1010. The second kappa shape index (κ2) is 37.3. The first-order valence-electron chi connectivity index (χ1n) is 20.2. The minimum absolute atomic E-state index is 0.0365. The fraction of sp³-hybridized carbons (Fsp3) is 0.756. The molecule has 10 nitrogen and oxygen atoms in total. The van der Waals surface area contributed by atoms with Crippen molar-refractivity contribution in [2.45, 2.75) is 174 Å². The molecule has 0 aliphatic rings. The van der Waals surface area contributed by atoms with Gasteiger partial charge in [-0.05, 0) is 38.5 Å². The third-order valence-corrected chi connectivity index (χ3v) is 9.31. The fourth-order valence-electron chi connectivity index (χ4n) is 5.27. The lowest BCUT2D eigenvalue weighted by Crippen LogP contribution is -2.29. The number of hydrogen-bond donors (Lipinski definition) is 3. The zero-order valence-corrected chi connectivity index (χ0v) is 33.5. The Labute approximate surface area is 316 Å². The summed E-state index contributed by atoms with van der Waals surface area (Å²) in [7, 11) is -4.40. The summed E-state index contributed by atoms with van der Waals surface area (Å²) >= 11 is 0. The van der Waals surface area contributed by atoms with Crippen molar-refractivity contribution in [2.24, 2.45) is 5.73 Å². The SMILES string of the molecule is CCCCCCCCCCCCCCCC(=O)OCC(COP(=O)(O)OCCN)OC(=O)CCC/C=C\C/C=C\C/C=C\C=C\C(O)CCCCC. The lowest BCUT2D eigenvalue weighted by molar-refractivity contribution is -0.161. The van der Waals surface area contributed by atoms with Gasteiger partial charge < -0.3 is 25.2 Å². The highest BCUT2D eigenvalue weighted by atomic mass is 31.2. The lowest BCUT2D eigenvalue weighted by atomic mass is 10.0. The highest BCUT2D eigenvalue weighted by molar-refractivity contribution is 7.47. The van der Waals surface area contributed by atoms with Crippen molar-refractivity contribution < 1.29 is 42.7 Å². The number of phosphoric acid groups is 1. The molecule has 0 amide bonds. The number of rotatable bonds is 37. The standard InChI is InChI=1S/C41H74NO9P/c1-3-5-7-8-9-10-11-12-15-18-21-24-28-32-40(44)48-36-39(37-50-52(46,47)49-35-34-42)51-41(45)33-29-25-22-19-16-13-14-17-20-23-27-31-38(43)30-26-6-4-2/h13-14,19-20,22-23,27,31,38-39,43H,3-12,15-18,21,24-26,28-30,32-37,42H2,1-2H3,(H,46,47)/b14-13-,22-19-,23-20-,31-27+. The molecule has 11 heteroatoms. The van der Waals surface area contributed by atoms with Gasteiger partial charge in [-0.15, -0.1) is 0 Å². The number of aliphatic hydroxyl groups excluding tert-OH is 1. The Balaban J connectivity index is 4.35. The quantitative estimate of drug-likeness (QED) is 0.0183. The van der Waals surface area contributed by atoms with E-state index in [0.29, 0.717) is 12.8 Å². The first-order chi connectivity index (χ1) is 25.2. The van der Waals surface area contributed by atoms with Gasteiger partial charge in [0.15, 0.2) is 6.10 Å². The van der Waals surface area contributed by atoms with Gasteiger partial charge in [0.2, 0.25) is 0 Å². The van der Waals surface area contributed by atoms with Gasteiger partial charge in [0.25, 0.3) is 0 Å². The van der Waals surface area contributed by atoms with Crippen LogP contribution < -0.4 is 5.73 Å². The zero-order valence-electron chi connectivity index (χ0n) is 32.6. The number of carbonyl (C=O) groups is 2. The van der Waals surface area contributed by atoms with Crippen LogP contribution in [0.15, 0.2) is 48.6 Å². The van der Waals surface area contributed by atoms with E-state index < -0.39 is 32.5 Å². The number of hydrogen-bond acceptors (Lipinski definition) is 9. The van der Waals surface area contributed by atoms with Gasteiger partial charge in [-0.1, -0.05) is 159 Å². The third-order valence-electron chi connectivity index (χ3n) is 8.32. The predicted octanol–water partition coefficient (Wildman–Crippen LogP) is 10.1. The summed E-state index contributed by atoms with van der Waals surface area (Å²) in [5.74, 6) is -0.921. The van der Waals surface area contributed by atoms with Crippen molar-refractivity contribution >= 4 is 19.8 Å². The fourth-order valence-corrected chi connectivity index (χ4v) is 6.03. The summed E-state index contributed by atoms with van der Waals surface area (Å²) in [5.41, 5.74) is 5.33. The number of nitrogens with two attached hydrogens (primary N) is 1. The molecule has 0 aliphatic carbocycles. The summed E-state index contributed by atoms with van der Waals surface area (Å²) in [6.45, 7) is 3.51. The first kappa shape index (κ1) is 49.9. The number of aliphatic hydroxyl groups is 1. The van der Waals surface area contributed by atoms with E-state index in [1.807, 2.05) is 36.5 Å². The molecule has 0 fully saturated rings. The predicted molar refractivity (Wildman–Crippen MR) is 212 cm³/mol. The van der Waals surface area contributed by atoms with Gasteiger partial charge in [0, 0.05) is 19.4 Å². The molecule has 3 unspecified atom stereocenters. The third kappa shape index (κ3) is 36.3. The molecule has 0 heterocycles. The lowest BCUT2D eigenvalue weighted by Gasteiger charge is -2.19. The number of allylic oxidation sites excluding steroid dienone is 7. The first-order valence-corrected chi connectivity index (χ1v) is 21.7. The van der Waals surface area contributed by atoms with E-state index in [1.165, 1.54) is 64.2 Å².